The molecule has 0 aliphatic carbocycles. The number of fused-ring (bicyclic) bond motifs is 2. The van der Waals surface area contributed by atoms with Crippen LogP contribution in [0.2, 0.25) is 0 Å². The number of piperidine rings is 1. The van der Waals surface area contributed by atoms with Gasteiger partial charge in [0, 0.05) is 25.8 Å². The number of likely N-dealkylation sites (tertiary alicyclic amines) is 1. The summed E-state index contributed by atoms with van der Waals surface area (Å²) < 4.78 is 11.5. The Bertz CT molecular complexity index is 945. The van der Waals surface area contributed by atoms with Crippen LogP contribution in [0.1, 0.15) is 23.2 Å². The number of aromatic nitrogens is 1. The third-order valence-electron chi connectivity index (χ3n) is 5.60. The Kier molecular flexibility index (Phi) is 7.18. The lowest BCUT2D eigenvalue weighted by molar-refractivity contribution is -0.134. The quantitative estimate of drug-likeness (QED) is 0.732. The van der Waals surface area contributed by atoms with Crippen molar-refractivity contribution < 1.29 is 24.2 Å². The maximum Gasteiger partial charge on any atom is 0.258 e. The second-order valence-electron chi connectivity index (χ2n) is 7.82. The van der Waals surface area contributed by atoms with Crippen LogP contribution in [0, 0.1) is 0 Å². The summed E-state index contributed by atoms with van der Waals surface area (Å²) >= 11 is 0. The maximum atomic E-state index is 13.5. The average molecular weight is 441 g/mol. The molecule has 9 nitrogen and oxygen atoms in total. The molecule has 0 atom stereocenters. The Morgan fingerprint density at radius 2 is 1.91 bits per heavy atom. The number of hydrogen-bond donors (Lipinski definition) is 2. The van der Waals surface area contributed by atoms with E-state index in [4.69, 9.17) is 9.47 Å². The fourth-order valence-corrected chi connectivity index (χ4v) is 3.79. The molecule has 9 heteroatoms. The number of aliphatic hydroxyl groups excluding tert-OH is 1. The SMILES string of the molecule is O=C(CN1CCOCCOc2ccccc2Nc2ncccc2C1=O)N1CCC(O)CC1. The third kappa shape index (κ3) is 5.35. The molecule has 0 spiro atoms. The van der Waals surface area contributed by atoms with E-state index in [1.165, 1.54) is 4.90 Å². The first-order chi connectivity index (χ1) is 15.6. The van der Waals surface area contributed by atoms with Crippen LogP contribution >= 0.6 is 0 Å². The molecular weight excluding hydrogens is 412 g/mol. The first kappa shape index (κ1) is 22.0. The van der Waals surface area contributed by atoms with Gasteiger partial charge in [0.15, 0.2) is 0 Å². The van der Waals surface area contributed by atoms with Crippen molar-refractivity contribution in [2.24, 2.45) is 0 Å². The molecule has 1 fully saturated rings. The fraction of sp³-hybridized carbons (Fsp3) is 0.435. The van der Waals surface area contributed by atoms with E-state index in [1.54, 1.807) is 23.2 Å². The smallest absolute Gasteiger partial charge is 0.258 e. The van der Waals surface area contributed by atoms with Gasteiger partial charge in [-0.1, -0.05) is 12.1 Å². The van der Waals surface area contributed by atoms with Gasteiger partial charge in [0.05, 0.1) is 30.6 Å². The number of aliphatic hydroxyl groups is 1. The molecule has 0 unspecified atom stereocenters. The van der Waals surface area contributed by atoms with Crippen LogP contribution in [-0.2, 0) is 9.53 Å². The van der Waals surface area contributed by atoms with Crippen molar-refractivity contribution in [2.45, 2.75) is 18.9 Å². The van der Waals surface area contributed by atoms with Gasteiger partial charge in [-0.25, -0.2) is 4.98 Å². The average Bonchev–Trinajstić information content (AvgIpc) is 2.82. The molecule has 2 aliphatic heterocycles. The standard InChI is InChI=1S/C23H28N4O5/c28-17-7-10-26(11-8-17)21(29)16-27-12-13-31-14-15-32-20-6-2-1-5-19(20)25-22-18(23(27)30)4-3-9-24-22/h1-6,9,17,28H,7-8,10-16H2,(H,24,25). The Hall–Kier alpha value is -3.17. The van der Waals surface area contributed by atoms with Gasteiger partial charge in [-0.05, 0) is 37.1 Å². The molecular formula is C23H28N4O5. The summed E-state index contributed by atoms with van der Waals surface area (Å²) in [4.78, 5) is 33.9. The van der Waals surface area contributed by atoms with Crippen molar-refractivity contribution in [2.75, 3.05) is 51.3 Å². The summed E-state index contributed by atoms with van der Waals surface area (Å²) in [5.74, 6) is 0.597. The molecule has 1 saturated heterocycles. The first-order valence-corrected chi connectivity index (χ1v) is 10.9. The van der Waals surface area contributed by atoms with Crippen LogP contribution < -0.4 is 10.1 Å². The number of amides is 2. The number of rotatable bonds is 2. The Labute approximate surface area is 186 Å². The molecule has 170 valence electrons. The van der Waals surface area contributed by atoms with E-state index in [0.29, 0.717) is 62.0 Å². The summed E-state index contributed by atoms with van der Waals surface area (Å²) in [5, 5.41) is 12.9. The number of nitrogens with one attached hydrogen (secondary N) is 1. The number of benzene rings is 1. The summed E-state index contributed by atoms with van der Waals surface area (Å²) in [6.07, 6.45) is 2.35. The molecule has 0 radical (unpaired) electrons. The summed E-state index contributed by atoms with van der Waals surface area (Å²) in [6, 6.07) is 10.8. The Balaban J connectivity index is 1.58. The number of anilines is 2. The molecule has 2 N–H and O–H groups in total. The second kappa shape index (κ2) is 10.4. The number of carbonyl (C=O) groups is 2. The molecule has 1 aromatic heterocycles. The van der Waals surface area contributed by atoms with E-state index in [0.717, 1.165) is 0 Å². The van der Waals surface area contributed by atoms with Crippen LogP contribution in [0.15, 0.2) is 42.6 Å². The maximum absolute atomic E-state index is 13.5. The first-order valence-electron chi connectivity index (χ1n) is 10.9. The van der Waals surface area contributed by atoms with Gasteiger partial charge in [-0.15, -0.1) is 0 Å². The van der Waals surface area contributed by atoms with Gasteiger partial charge in [0.25, 0.3) is 5.91 Å². The van der Waals surface area contributed by atoms with Crippen LogP contribution in [0.5, 0.6) is 5.75 Å². The van der Waals surface area contributed by atoms with Gasteiger partial charge in [-0.2, -0.15) is 0 Å². The lowest BCUT2D eigenvalue weighted by Crippen LogP contribution is -2.47. The van der Waals surface area contributed by atoms with Gasteiger partial charge in [0.1, 0.15) is 24.7 Å². The molecule has 0 bridgehead atoms. The summed E-state index contributed by atoms with van der Waals surface area (Å²) in [6.45, 7) is 2.20. The van der Waals surface area contributed by atoms with Crippen LogP contribution in [0.4, 0.5) is 11.5 Å². The van der Waals surface area contributed by atoms with Crippen molar-refractivity contribution in [3.8, 4) is 5.75 Å². The molecule has 3 heterocycles. The van der Waals surface area contributed by atoms with Crippen LogP contribution in [0.25, 0.3) is 0 Å². The zero-order valence-corrected chi connectivity index (χ0v) is 17.9. The van der Waals surface area contributed by atoms with E-state index in [1.807, 2.05) is 24.3 Å². The molecule has 2 aliphatic rings. The van der Waals surface area contributed by atoms with E-state index < -0.39 is 0 Å². The minimum Gasteiger partial charge on any atom is -0.489 e. The largest absolute Gasteiger partial charge is 0.489 e. The molecule has 32 heavy (non-hydrogen) atoms. The Morgan fingerprint density at radius 1 is 1.09 bits per heavy atom. The topological polar surface area (TPSA) is 104 Å². The van der Waals surface area contributed by atoms with Gasteiger partial charge >= 0.3 is 0 Å². The van der Waals surface area contributed by atoms with Crippen LogP contribution in [0.3, 0.4) is 0 Å². The number of ether oxygens (including phenoxy) is 2. The highest BCUT2D eigenvalue weighted by Gasteiger charge is 2.27. The third-order valence-corrected chi connectivity index (χ3v) is 5.60. The Morgan fingerprint density at radius 3 is 2.75 bits per heavy atom. The zero-order valence-electron chi connectivity index (χ0n) is 17.9. The highest BCUT2D eigenvalue weighted by Crippen LogP contribution is 2.28. The highest BCUT2D eigenvalue weighted by molar-refractivity contribution is 6.01. The zero-order chi connectivity index (χ0) is 22.3. The van der Waals surface area contributed by atoms with Crippen molar-refractivity contribution >= 4 is 23.3 Å². The second-order valence-corrected chi connectivity index (χ2v) is 7.82. The minimum absolute atomic E-state index is 0.0558. The van der Waals surface area contributed by atoms with Crippen molar-refractivity contribution in [3.05, 3.63) is 48.2 Å². The number of hydrogen-bond acceptors (Lipinski definition) is 7. The van der Waals surface area contributed by atoms with Gasteiger partial charge < -0.3 is 29.7 Å². The van der Waals surface area contributed by atoms with Crippen molar-refractivity contribution in [1.82, 2.24) is 14.8 Å². The van der Waals surface area contributed by atoms with Crippen molar-refractivity contribution in [3.63, 3.8) is 0 Å². The van der Waals surface area contributed by atoms with Gasteiger partial charge in [-0.3, -0.25) is 9.59 Å². The van der Waals surface area contributed by atoms with E-state index in [2.05, 4.69) is 10.3 Å². The summed E-state index contributed by atoms with van der Waals surface area (Å²) in [5.41, 5.74) is 1.05. The van der Waals surface area contributed by atoms with E-state index in [-0.39, 0.29) is 37.6 Å². The number of carbonyl (C=O) groups excluding carboxylic acids is 2. The van der Waals surface area contributed by atoms with Crippen LogP contribution in [-0.4, -0.2) is 83.8 Å². The lowest BCUT2D eigenvalue weighted by atomic mass is 10.1. The monoisotopic (exact) mass is 440 g/mol. The lowest BCUT2D eigenvalue weighted by Gasteiger charge is -2.32. The van der Waals surface area contributed by atoms with Gasteiger partial charge in [0.2, 0.25) is 5.91 Å². The fourth-order valence-electron chi connectivity index (χ4n) is 3.79. The molecule has 2 aromatic rings. The predicted octanol–water partition coefficient (Wildman–Crippen LogP) is 1.66. The number of pyridine rings is 1. The summed E-state index contributed by atoms with van der Waals surface area (Å²) in [7, 11) is 0. The molecule has 1 aromatic carbocycles. The van der Waals surface area contributed by atoms with E-state index >= 15 is 0 Å². The minimum atomic E-state index is -0.367. The predicted molar refractivity (Wildman–Crippen MR) is 118 cm³/mol. The van der Waals surface area contributed by atoms with Crippen molar-refractivity contribution in [1.29, 1.82) is 0 Å². The van der Waals surface area contributed by atoms with E-state index in [9.17, 15) is 14.7 Å². The number of nitrogens with zero attached hydrogens (tertiary/aromatic N) is 3. The highest BCUT2D eigenvalue weighted by atomic mass is 16.5. The molecule has 2 amide bonds. The number of para-hydroxylation sites is 2. The molecule has 4 rings (SSSR count). The normalized spacial score (nSPS) is 18.2. The molecule has 0 saturated carbocycles.